The Hall–Kier alpha value is -1.73. The van der Waals surface area contributed by atoms with Crippen molar-refractivity contribution in [1.82, 2.24) is 5.32 Å². The minimum atomic E-state index is -1.30. The highest BCUT2D eigenvalue weighted by Crippen LogP contribution is 2.11. The Balaban J connectivity index is 4.03. The molecule has 1 amide bonds. The van der Waals surface area contributed by atoms with Crippen molar-refractivity contribution < 1.29 is 25.2 Å². The number of carbonyl (C=O) groups excluding carboxylic acids is 1. The van der Waals surface area contributed by atoms with Crippen LogP contribution in [0.2, 0.25) is 0 Å². The minimum absolute atomic E-state index is 0.271. The second-order valence-corrected chi connectivity index (χ2v) is 10.8. The molecule has 0 bridgehead atoms. The molecule has 0 aliphatic rings. The van der Waals surface area contributed by atoms with Crippen molar-refractivity contribution in [1.29, 1.82) is 0 Å². The molecule has 0 aliphatic carbocycles. The highest BCUT2D eigenvalue weighted by molar-refractivity contribution is 5.80. The molecule has 0 aliphatic heterocycles. The van der Waals surface area contributed by atoms with Gasteiger partial charge < -0.3 is 25.7 Å². The Morgan fingerprint density at radius 2 is 1.05 bits per heavy atom. The fourth-order valence-corrected chi connectivity index (χ4v) is 4.32. The number of carbonyl (C=O) groups is 1. The first-order chi connectivity index (χ1) is 19.5. The summed E-state index contributed by atoms with van der Waals surface area (Å²) >= 11 is 0. The average Bonchev–Trinajstić information content (AvgIpc) is 2.96. The summed E-state index contributed by atoms with van der Waals surface area (Å²) in [6, 6.07) is -1.02. The zero-order valence-electron chi connectivity index (χ0n) is 25.6. The zero-order valence-corrected chi connectivity index (χ0v) is 25.6. The van der Waals surface area contributed by atoms with E-state index in [1.807, 2.05) is 6.08 Å². The smallest absolute Gasteiger partial charge is 0.249 e. The Bertz CT molecular complexity index is 688. The third kappa shape index (κ3) is 23.0. The molecule has 0 spiro atoms. The van der Waals surface area contributed by atoms with E-state index in [0.29, 0.717) is 19.3 Å². The second kappa shape index (κ2) is 28.8. The van der Waals surface area contributed by atoms with E-state index in [9.17, 15) is 25.2 Å². The molecule has 0 saturated heterocycles. The molecule has 4 atom stereocenters. The van der Waals surface area contributed by atoms with E-state index in [-0.39, 0.29) is 6.42 Å². The number of aliphatic hydroxyl groups excluding tert-OH is 4. The summed E-state index contributed by atoms with van der Waals surface area (Å²) in [5.41, 5.74) is 0. The maximum absolute atomic E-state index is 12.3. The van der Waals surface area contributed by atoms with E-state index < -0.39 is 36.9 Å². The quantitative estimate of drug-likeness (QED) is 0.0556. The van der Waals surface area contributed by atoms with E-state index in [4.69, 9.17) is 0 Å². The minimum Gasteiger partial charge on any atom is -0.394 e. The largest absolute Gasteiger partial charge is 0.394 e. The van der Waals surface area contributed by atoms with Gasteiger partial charge in [-0.05, 0) is 83.5 Å². The van der Waals surface area contributed by atoms with Gasteiger partial charge in [-0.25, -0.2) is 0 Å². The first-order valence-corrected chi connectivity index (χ1v) is 16.0. The molecule has 232 valence electrons. The van der Waals surface area contributed by atoms with Crippen molar-refractivity contribution in [2.24, 2.45) is 0 Å². The van der Waals surface area contributed by atoms with Gasteiger partial charge in [-0.15, -0.1) is 0 Å². The third-order valence-electron chi connectivity index (χ3n) is 6.98. The van der Waals surface area contributed by atoms with Gasteiger partial charge in [-0.1, -0.05) is 94.6 Å². The lowest BCUT2D eigenvalue weighted by Gasteiger charge is -2.27. The number of nitrogens with one attached hydrogen (secondary N) is 1. The molecule has 0 radical (unpaired) electrons. The van der Waals surface area contributed by atoms with E-state index in [1.54, 1.807) is 0 Å². The summed E-state index contributed by atoms with van der Waals surface area (Å²) in [6.07, 6.45) is 31.5. The third-order valence-corrected chi connectivity index (χ3v) is 6.98. The van der Waals surface area contributed by atoms with Crippen LogP contribution in [-0.4, -0.2) is 57.3 Å². The van der Waals surface area contributed by atoms with Crippen LogP contribution in [0.25, 0.3) is 0 Å². The maximum atomic E-state index is 12.3. The van der Waals surface area contributed by atoms with Crippen LogP contribution < -0.4 is 5.32 Å². The van der Waals surface area contributed by atoms with Crippen molar-refractivity contribution in [3.05, 3.63) is 48.6 Å². The summed E-state index contributed by atoms with van der Waals surface area (Å²) in [6.45, 7) is 3.89. The van der Waals surface area contributed by atoms with Gasteiger partial charge in [-0.2, -0.15) is 0 Å². The number of amides is 1. The van der Waals surface area contributed by atoms with Gasteiger partial charge >= 0.3 is 0 Å². The van der Waals surface area contributed by atoms with Crippen LogP contribution in [0, 0.1) is 0 Å². The topological polar surface area (TPSA) is 110 Å². The predicted octanol–water partition coefficient (Wildman–Crippen LogP) is 6.83. The summed E-state index contributed by atoms with van der Waals surface area (Å²) in [5.74, 6) is -0.641. The standard InChI is InChI=1S/C34H61NO5/c1-3-5-7-9-11-13-14-15-16-17-18-19-20-22-23-25-27-31(37)33(39)30(29-36)35-34(40)32(38)28-26-24-21-12-10-8-6-4-2/h11,13,16-17,20-22,24,30-33,36-39H,3-10,12,14-15,18-19,23,25-29H2,1-2H3,(H,35,40)/b13-11+,17-16+,22-20+,24-21-. The van der Waals surface area contributed by atoms with E-state index in [2.05, 4.69) is 61.7 Å². The number of hydrogen-bond acceptors (Lipinski definition) is 5. The van der Waals surface area contributed by atoms with Gasteiger partial charge in [-0.3, -0.25) is 4.79 Å². The molecule has 5 N–H and O–H groups in total. The monoisotopic (exact) mass is 563 g/mol. The van der Waals surface area contributed by atoms with Gasteiger partial charge in [0.1, 0.15) is 12.2 Å². The zero-order chi connectivity index (χ0) is 29.7. The Kier molecular flexibility index (Phi) is 27.5. The molecular formula is C34H61NO5. The number of hydrogen-bond donors (Lipinski definition) is 5. The molecule has 0 fully saturated rings. The Morgan fingerprint density at radius 3 is 1.57 bits per heavy atom. The lowest BCUT2D eigenvalue weighted by atomic mass is 10.0. The molecule has 0 aromatic heterocycles. The first-order valence-electron chi connectivity index (χ1n) is 16.0. The number of rotatable bonds is 27. The number of allylic oxidation sites excluding steroid dienone is 8. The lowest BCUT2D eigenvalue weighted by Crippen LogP contribution is -2.53. The van der Waals surface area contributed by atoms with Gasteiger partial charge in [0.05, 0.1) is 18.8 Å². The highest BCUT2D eigenvalue weighted by Gasteiger charge is 2.28. The Labute approximate surface area is 245 Å². The van der Waals surface area contributed by atoms with Crippen molar-refractivity contribution in [2.75, 3.05) is 6.61 Å². The van der Waals surface area contributed by atoms with Crippen molar-refractivity contribution in [3.63, 3.8) is 0 Å². The van der Waals surface area contributed by atoms with Crippen LogP contribution >= 0.6 is 0 Å². The van der Waals surface area contributed by atoms with Gasteiger partial charge in [0, 0.05) is 0 Å². The SMILES string of the molecule is CCCCC/C=C/CC/C=C/CC/C=C/CCCC(O)C(O)C(CO)NC(=O)C(O)CC/C=C\CCCCCC. The van der Waals surface area contributed by atoms with Crippen LogP contribution in [0.15, 0.2) is 48.6 Å². The molecular weight excluding hydrogens is 502 g/mol. The molecule has 6 heteroatoms. The van der Waals surface area contributed by atoms with Crippen LogP contribution in [-0.2, 0) is 4.79 Å². The van der Waals surface area contributed by atoms with Crippen molar-refractivity contribution >= 4 is 5.91 Å². The highest BCUT2D eigenvalue weighted by atomic mass is 16.3. The molecule has 0 rings (SSSR count). The molecule has 0 saturated carbocycles. The average molecular weight is 564 g/mol. The molecule has 0 aromatic carbocycles. The van der Waals surface area contributed by atoms with Crippen molar-refractivity contribution in [3.8, 4) is 0 Å². The van der Waals surface area contributed by atoms with Crippen molar-refractivity contribution in [2.45, 2.75) is 154 Å². The Morgan fingerprint density at radius 1 is 0.600 bits per heavy atom. The summed E-state index contributed by atoms with van der Waals surface area (Å²) in [5, 5.41) is 43.0. The van der Waals surface area contributed by atoms with Gasteiger partial charge in [0.25, 0.3) is 0 Å². The second-order valence-electron chi connectivity index (χ2n) is 10.8. The van der Waals surface area contributed by atoms with Crippen LogP contribution in [0.4, 0.5) is 0 Å². The number of unbranched alkanes of at least 4 members (excludes halogenated alkanes) is 10. The predicted molar refractivity (Wildman–Crippen MR) is 168 cm³/mol. The van der Waals surface area contributed by atoms with Crippen LogP contribution in [0.1, 0.15) is 129 Å². The first kappa shape index (κ1) is 38.3. The van der Waals surface area contributed by atoms with E-state index >= 15 is 0 Å². The molecule has 4 unspecified atom stereocenters. The molecule has 40 heavy (non-hydrogen) atoms. The van der Waals surface area contributed by atoms with E-state index in [0.717, 1.165) is 44.9 Å². The van der Waals surface area contributed by atoms with E-state index in [1.165, 1.54) is 44.9 Å². The fraction of sp³-hybridized carbons (Fsp3) is 0.735. The fourth-order valence-electron chi connectivity index (χ4n) is 4.32. The molecule has 0 heterocycles. The maximum Gasteiger partial charge on any atom is 0.249 e. The molecule has 0 aromatic rings. The summed E-state index contributed by atoms with van der Waals surface area (Å²) in [7, 11) is 0. The summed E-state index contributed by atoms with van der Waals surface area (Å²) in [4.78, 5) is 12.3. The normalized spacial score (nSPS) is 15.4. The molecule has 6 nitrogen and oxygen atoms in total. The van der Waals surface area contributed by atoms with Gasteiger partial charge in [0.15, 0.2) is 0 Å². The summed E-state index contributed by atoms with van der Waals surface area (Å²) < 4.78 is 0. The van der Waals surface area contributed by atoms with Gasteiger partial charge in [0.2, 0.25) is 5.91 Å². The number of aliphatic hydroxyl groups is 4. The lowest BCUT2D eigenvalue weighted by molar-refractivity contribution is -0.132. The van der Waals surface area contributed by atoms with Crippen LogP contribution in [0.3, 0.4) is 0 Å². The van der Waals surface area contributed by atoms with Crippen LogP contribution in [0.5, 0.6) is 0 Å².